The average Bonchev–Trinajstić information content (AvgIpc) is 2.32. The second-order valence-electron chi connectivity index (χ2n) is 3.14. The van der Waals surface area contributed by atoms with Gasteiger partial charge in [0, 0.05) is 11.9 Å². The van der Waals surface area contributed by atoms with E-state index in [1.54, 1.807) is 36.5 Å². The summed E-state index contributed by atoms with van der Waals surface area (Å²) in [5.74, 6) is -0.879. The number of hydrogen-bond acceptors (Lipinski definition) is 2. The van der Waals surface area contributed by atoms with E-state index >= 15 is 0 Å². The lowest BCUT2D eigenvalue weighted by Gasteiger charge is -1.88. The van der Waals surface area contributed by atoms with Gasteiger partial charge in [-0.05, 0) is 31.2 Å². The molecule has 1 N–H and O–H groups in total. The quantitative estimate of drug-likeness (QED) is 0.795. The molecule has 1 heterocycles. The van der Waals surface area contributed by atoms with E-state index in [9.17, 15) is 4.79 Å². The van der Waals surface area contributed by atoms with Crippen LogP contribution in [0.1, 0.15) is 16.1 Å². The fourth-order valence-electron chi connectivity index (χ4n) is 1.03. The molecule has 2 rings (SSSR count). The Morgan fingerprint density at radius 1 is 1.06 bits per heavy atom. The maximum Gasteiger partial charge on any atom is 0.335 e. The third-order valence-corrected chi connectivity index (χ3v) is 1.83. The first-order valence-electron chi connectivity index (χ1n) is 4.86. The average molecular weight is 215 g/mol. The van der Waals surface area contributed by atoms with Gasteiger partial charge < -0.3 is 5.11 Å². The Hall–Kier alpha value is -2.16. The van der Waals surface area contributed by atoms with Crippen LogP contribution in [0.4, 0.5) is 0 Å². The number of carboxylic acid groups (broad SMARTS) is 1. The van der Waals surface area contributed by atoms with Crippen molar-refractivity contribution in [1.29, 1.82) is 0 Å². The maximum atomic E-state index is 10.2. The molecule has 3 nitrogen and oxygen atoms in total. The number of aromatic nitrogens is 1. The Balaban J connectivity index is 0.000000165. The van der Waals surface area contributed by atoms with E-state index in [0.717, 1.165) is 5.69 Å². The minimum absolute atomic E-state index is 0.331. The van der Waals surface area contributed by atoms with Crippen molar-refractivity contribution in [1.82, 2.24) is 4.98 Å². The zero-order valence-corrected chi connectivity index (χ0v) is 9.00. The highest BCUT2D eigenvalue weighted by atomic mass is 16.4. The van der Waals surface area contributed by atoms with Gasteiger partial charge in [0.05, 0.1) is 5.56 Å². The number of pyridine rings is 1. The maximum absolute atomic E-state index is 10.2. The number of aryl methyl sites for hydroxylation is 1. The third kappa shape index (κ3) is 4.37. The van der Waals surface area contributed by atoms with Gasteiger partial charge in [-0.2, -0.15) is 0 Å². The van der Waals surface area contributed by atoms with Gasteiger partial charge in [-0.1, -0.05) is 24.3 Å². The van der Waals surface area contributed by atoms with Gasteiger partial charge in [0.25, 0.3) is 0 Å². The van der Waals surface area contributed by atoms with E-state index in [-0.39, 0.29) is 0 Å². The summed E-state index contributed by atoms with van der Waals surface area (Å²) in [5.41, 5.74) is 1.40. The van der Waals surface area contributed by atoms with Crippen LogP contribution in [0, 0.1) is 6.92 Å². The summed E-state index contributed by atoms with van der Waals surface area (Å²) in [5, 5.41) is 8.38. The molecule has 0 amide bonds. The lowest BCUT2D eigenvalue weighted by molar-refractivity contribution is 0.0697. The summed E-state index contributed by atoms with van der Waals surface area (Å²) in [6, 6.07) is 14.2. The SMILES string of the molecule is Cc1ccccn1.O=C(O)c1ccccc1. The molecule has 82 valence electrons. The van der Waals surface area contributed by atoms with Crippen molar-refractivity contribution in [2.75, 3.05) is 0 Å². The zero-order chi connectivity index (χ0) is 11.8. The number of carboxylic acids is 1. The lowest BCUT2D eigenvalue weighted by atomic mass is 10.2. The van der Waals surface area contributed by atoms with E-state index < -0.39 is 5.97 Å². The summed E-state index contributed by atoms with van der Waals surface area (Å²) in [6.07, 6.45) is 1.79. The molecular weight excluding hydrogens is 202 g/mol. The number of rotatable bonds is 1. The highest BCUT2D eigenvalue weighted by Gasteiger charge is 1.96. The molecule has 0 unspecified atom stereocenters. The van der Waals surface area contributed by atoms with Gasteiger partial charge in [-0.25, -0.2) is 4.79 Å². The van der Waals surface area contributed by atoms with Crippen molar-refractivity contribution in [3.63, 3.8) is 0 Å². The third-order valence-electron chi connectivity index (χ3n) is 1.83. The van der Waals surface area contributed by atoms with Crippen molar-refractivity contribution in [2.45, 2.75) is 6.92 Å². The van der Waals surface area contributed by atoms with Gasteiger partial charge in [0.2, 0.25) is 0 Å². The monoisotopic (exact) mass is 215 g/mol. The minimum atomic E-state index is -0.879. The van der Waals surface area contributed by atoms with Gasteiger partial charge in [0.15, 0.2) is 0 Å². The molecule has 3 heteroatoms. The molecule has 2 aromatic rings. The van der Waals surface area contributed by atoms with Crippen molar-refractivity contribution >= 4 is 5.97 Å². The number of carbonyl (C=O) groups is 1. The first-order valence-corrected chi connectivity index (χ1v) is 4.86. The summed E-state index contributed by atoms with van der Waals surface area (Å²) in [7, 11) is 0. The van der Waals surface area contributed by atoms with Crippen molar-refractivity contribution in [3.05, 3.63) is 66.0 Å². The minimum Gasteiger partial charge on any atom is -0.478 e. The van der Waals surface area contributed by atoms with E-state index in [1.165, 1.54) is 0 Å². The van der Waals surface area contributed by atoms with E-state index in [0.29, 0.717) is 5.56 Å². The molecule has 16 heavy (non-hydrogen) atoms. The summed E-state index contributed by atoms with van der Waals surface area (Å²) < 4.78 is 0. The first-order chi connectivity index (χ1) is 7.70. The zero-order valence-electron chi connectivity index (χ0n) is 9.00. The lowest BCUT2D eigenvalue weighted by Crippen LogP contribution is -1.93. The van der Waals surface area contributed by atoms with Crippen LogP contribution in [0.15, 0.2) is 54.7 Å². The van der Waals surface area contributed by atoms with Crippen LogP contribution < -0.4 is 0 Å². The molecule has 0 aliphatic carbocycles. The molecule has 0 saturated carbocycles. The molecule has 0 bridgehead atoms. The van der Waals surface area contributed by atoms with Crippen LogP contribution in [-0.4, -0.2) is 16.1 Å². The molecule has 0 radical (unpaired) electrons. The standard InChI is InChI=1S/C7H6O2.C6H7N/c8-7(9)6-4-2-1-3-5-6;1-6-4-2-3-5-7-6/h1-5H,(H,8,9);2-5H,1H3. The normalized spacial score (nSPS) is 8.81. The fourth-order valence-corrected chi connectivity index (χ4v) is 1.03. The Morgan fingerprint density at radius 2 is 1.69 bits per heavy atom. The van der Waals surface area contributed by atoms with Gasteiger partial charge in [-0.15, -0.1) is 0 Å². The van der Waals surface area contributed by atoms with Crippen LogP contribution in [0.3, 0.4) is 0 Å². The molecule has 0 aliphatic rings. The van der Waals surface area contributed by atoms with Crippen molar-refractivity contribution < 1.29 is 9.90 Å². The van der Waals surface area contributed by atoms with E-state index in [1.807, 2.05) is 25.1 Å². The van der Waals surface area contributed by atoms with Crippen LogP contribution in [-0.2, 0) is 0 Å². The molecule has 1 aromatic carbocycles. The van der Waals surface area contributed by atoms with Crippen LogP contribution in [0.5, 0.6) is 0 Å². The highest BCUT2D eigenvalue weighted by molar-refractivity contribution is 5.87. The van der Waals surface area contributed by atoms with Crippen LogP contribution in [0.2, 0.25) is 0 Å². The summed E-state index contributed by atoms with van der Waals surface area (Å²) in [4.78, 5) is 14.2. The first kappa shape index (κ1) is 11.9. The molecule has 0 atom stereocenters. The second-order valence-corrected chi connectivity index (χ2v) is 3.14. The summed E-state index contributed by atoms with van der Waals surface area (Å²) in [6.45, 7) is 1.97. The Kier molecular flexibility index (Phi) is 4.73. The number of hydrogen-bond donors (Lipinski definition) is 1. The van der Waals surface area contributed by atoms with Crippen molar-refractivity contribution in [3.8, 4) is 0 Å². The molecular formula is C13H13NO2. The van der Waals surface area contributed by atoms with E-state index in [4.69, 9.17) is 5.11 Å². The molecule has 0 saturated heterocycles. The number of aromatic carboxylic acids is 1. The molecule has 0 fully saturated rings. The molecule has 0 spiro atoms. The highest BCUT2D eigenvalue weighted by Crippen LogP contribution is 1.96. The number of nitrogens with zero attached hydrogens (tertiary/aromatic N) is 1. The Labute approximate surface area is 94.4 Å². The predicted octanol–water partition coefficient (Wildman–Crippen LogP) is 2.77. The molecule has 1 aromatic heterocycles. The van der Waals surface area contributed by atoms with Gasteiger partial charge >= 0.3 is 5.97 Å². The smallest absolute Gasteiger partial charge is 0.335 e. The predicted molar refractivity (Wildman–Crippen MR) is 62.4 cm³/mol. The molecule has 0 aliphatic heterocycles. The largest absolute Gasteiger partial charge is 0.478 e. The van der Waals surface area contributed by atoms with Crippen LogP contribution in [0.25, 0.3) is 0 Å². The Bertz CT molecular complexity index is 426. The topological polar surface area (TPSA) is 50.2 Å². The second kappa shape index (κ2) is 6.35. The summed E-state index contributed by atoms with van der Waals surface area (Å²) >= 11 is 0. The van der Waals surface area contributed by atoms with Crippen LogP contribution >= 0.6 is 0 Å². The van der Waals surface area contributed by atoms with Gasteiger partial charge in [-0.3, -0.25) is 4.98 Å². The Morgan fingerprint density at radius 3 is 2.00 bits per heavy atom. The van der Waals surface area contributed by atoms with Gasteiger partial charge in [0.1, 0.15) is 0 Å². The van der Waals surface area contributed by atoms with E-state index in [2.05, 4.69) is 4.98 Å². The number of benzene rings is 1. The fraction of sp³-hybridized carbons (Fsp3) is 0.0769. The van der Waals surface area contributed by atoms with Crippen molar-refractivity contribution in [2.24, 2.45) is 0 Å².